The zero-order chi connectivity index (χ0) is 19.2. The summed E-state index contributed by atoms with van der Waals surface area (Å²) in [5.74, 6) is 1.95. The number of nitrogens with zero attached hydrogens (tertiary/aromatic N) is 2. The first-order valence-corrected chi connectivity index (χ1v) is 9.57. The monoisotopic (exact) mass is 371 g/mol. The fourth-order valence-electron chi connectivity index (χ4n) is 2.34. The minimum atomic E-state index is -3.76. The van der Waals surface area contributed by atoms with E-state index in [4.69, 9.17) is 6.42 Å². The molecular formula is C19H21N3O3S. The van der Waals surface area contributed by atoms with Crippen LogP contribution < -0.4 is 4.72 Å². The molecule has 0 spiro atoms. The highest BCUT2D eigenvalue weighted by molar-refractivity contribution is 7.89. The van der Waals surface area contributed by atoms with Gasteiger partial charge in [-0.1, -0.05) is 18.1 Å². The molecule has 2 rings (SSSR count). The Hall–Kier alpha value is -2.69. The Bertz CT molecular complexity index is 903. The summed E-state index contributed by atoms with van der Waals surface area (Å²) in [4.78, 5) is 18.8. The van der Waals surface area contributed by atoms with E-state index in [-0.39, 0.29) is 23.4 Å². The number of amides is 1. The van der Waals surface area contributed by atoms with Gasteiger partial charge in [0.2, 0.25) is 10.0 Å². The maximum absolute atomic E-state index is 12.9. The predicted octanol–water partition coefficient (Wildman–Crippen LogP) is 2.04. The van der Waals surface area contributed by atoms with Gasteiger partial charge >= 0.3 is 0 Å². The molecule has 6 nitrogen and oxygen atoms in total. The normalized spacial score (nSPS) is 11.2. The van der Waals surface area contributed by atoms with Crippen LogP contribution in [0, 0.1) is 12.3 Å². The maximum atomic E-state index is 12.9. The summed E-state index contributed by atoms with van der Waals surface area (Å²) in [6.45, 7) is 4.02. The van der Waals surface area contributed by atoms with Gasteiger partial charge in [-0.2, -0.15) is 4.72 Å². The van der Waals surface area contributed by atoms with Crippen LogP contribution >= 0.6 is 0 Å². The highest BCUT2D eigenvalue weighted by Gasteiger charge is 2.22. The zero-order valence-corrected chi connectivity index (χ0v) is 15.5. The van der Waals surface area contributed by atoms with Crippen molar-refractivity contribution < 1.29 is 13.2 Å². The lowest BCUT2D eigenvalue weighted by Gasteiger charge is -2.26. The average Bonchev–Trinajstić information content (AvgIpc) is 2.64. The van der Waals surface area contributed by atoms with Crippen LogP contribution in [0.2, 0.25) is 0 Å². The molecule has 1 amide bonds. The lowest BCUT2D eigenvalue weighted by Crippen LogP contribution is -2.36. The van der Waals surface area contributed by atoms with Crippen molar-refractivity contribution in [1.29, 1.82) is 0 Å². The van der Waals surface area contributed by atoms with Crippen molar-refractivity contribution in [3.63, 3.8) is 0 Å². The van der Waals surface area contributed by atoms with E-state index in [1.807, 2.05) is 32.0 Å². The third kappa shape index (κ3) is 4.91. The molecule has 0 bridgehead atoms. The van der Waals surface area contributed by atoms with Gasteiger partial charge in [0.15, 0.2) is 0 Å². The van der Waals surface area contributed by atoms with Crippen molar-refractivity contribution in [3.05, 3.63) is 59.9 Å². The number of hydrogen-bond acceptors (Lipinski definition) is 4. The molecule has 0 radical (unpaired) electrons. The molecule has 0 unspecified atom stereocenters. The lowest BCUT2D eigenvalue weighted by molar-refractivity contribution is 0.0687. The van der Waals surface area contributed by atoms with Crippen LogP contribution in [0.25, 0.3) is 0 Å². The largest absolute Gasteiger partial charge is 0.330 e. The van der Waals surface area contributed by atoms with E-state index >= 15 is 0 Å². The topological polar surface area (TPSA) is 79.4 Å². The van der Waals surface area contributed by atoms with Crippen LogP contribution in [0.3, 0.4) is 0 Å². The predicted molar refractivity (Wildman–Crippen MR) is 99.7 cm³/mol. The van der Waals surface area contributed by atoms with Gasteiger partial charge in [-0.15, -0.1) is 6.42 Å². The molecule has 0 aliphatic heterocycles. The Morgan fingerprint density at radius 3 is 2.65 bits per heavy atom. The van der Waals surface area contributed by atoms with Gasteiger partial charge in [0.05, 0.1) is 23.7 Å². The number of terminal acetylenes is 1. The number of pyridine rings is 1. The van der Waals surface area contributed by atoms with Gasteiger partial charge < -0.3 is 4.90 Å². The summed E-state index contributed by atoms with van der Waals surface area (Å²) >= 11 is 0. The summed E-state index contributed by atoms with van der Waals surface area (Å²) in [7, 11) is -3.76. The Labute approximate surface area is 154 Å². The van der Waals surface area contributed by atoms with Gasteiger partial charge in [-0.3, -0.25) is 9.78 Å². The van der Waals surface area contributed by atoms with Crippen LogP contribution in [-0.4, -0.2) is 36.8 Å². The van der Waals surface area contributed by atoms with E-state index in [2.05, 4.69) is 15.6 Å². The number of sulfonamides is 1. The minimum Gasteiger partial charge on any atom is -0.330 e. The first-order valence-electron chi connectivity index (χ1n) is 8.09. The Morgan fingerprint density at radius 1 is 1.27 bits per heavy atom. The number of aromatic nitrogens is 1. The van der Waals surface area contributed by atoms with Gasteiger partial charge in [0, 0.05) is 17.8 Å². The molecule has 0 fully saturated rings. The van der Waals surface area contributed by atoms with Gasteiger partial charge in [0.1, 0.15) is 0 Å². The molecule has 1 heterocycles. The number of nitrogens with one attached hydrogen (secondary N) is 1. The molecular weight excluding hydrogens is 350 g/mol. The Kier molecular flexibility index (Phi) is 6.50. The fraction of sp³-hybridized carbons (Fsp3) is 0.263. The van der Waals surface area contributed by atoms with E-state index in [0.717, 1.165) is 5.69 Å². The van der Waals surface area contributed by atoms with Crippen LogP contribution in [-0.2, 0) is 16.6 Å². The van der Waals surface area contributed by atoms with E-state index in [0.29, 0.717) is 12.1 Å². The van der Waals surface area contributed by atoms with Crippen molar-refractivity contribution in [2.45, 2.75) is 31.3 Å². The molecule has 1 N–H and O–H groups in total. The summed E-state index contributed by atoms with van der Waals surface area (Å²) in [6.07, 6.45) is 6.76. The van der Waals surface area contributed by atoms with E-state index in [1.165, 1.54) is 18.2 Å². The molecule has 0 saturated heterocycles. The van der Waals surface area contributed by atoms with Crippen LogP contribution in [0.15, 0.2) is 53.6 Å². The van der Waals surface area contributed by atoms with Gasteiger partial charge in [-0.05, 0) is 44.2 Å². The Morgan fingerprint density at radius 2 is 2.04 bits per heavy atom. The van der Waals surface area contributed by atoms with Crippen molar-refractivity contribution in [1.82, 2.24) is 14.6 Å². The smallest absolute Gasteiger partial charge is 0.254 e. The third-order valence-electron chi connectivity index (χ3n) is 3.70. The average molecular weight is 371 g/mol. The van der Waals surface area contributed by atoms with Gasteiger partial charge in [-0.25, -0.2) is 8.42 Å². The first kappa shape index (κ1) is 19.6. The lowest BCUT2D eigenvalue weighted by atomic mass is 10.1. The summed E-state index contributed by atoms with van der Waals surface area (Å²) in [5.41, 5.74) is 1.05. The highest BCUT2D eigenvalue weighted by Crippen LogP contribution is 2.16. The summed E-state index contributed by atoms with van der Waals surface area (Å²) < 4.78 is 26.7. The second-order valence-corrected chi connectivity index (χ2v) is 7.67. The molecule has 26 heavy (non-hydrogen) atoms. The molecule has 1 aromatic carbocycles. The maximum Gasteiger partial charge on any atom is 0.254 e. The highest BCUT2D eigenvalue weighted by atomic mass is 32.2. The van der Waals surface area contributed by atoms with Crippen LogP contribution in [0.5, 0.6) is 0 Å². The minimum absolute atomic E-state index is 0.000132. The van der Waals surface area contributed by atoms with Crippen LogP contribution in [0.4, 0.5) is 0 Å². The van der Waals surface area contributed by atoms with Crippen LogP contribution in [0.1, 0.15) is 29.9 Å². The third-order valence-corrected chi connectivity index (χ3v) is 5.10. The summed E-state index contributed by atoms with van der Waals surface area (Å²) in [5, 5.41) is 0. The van der Waals surface area contributed by atoms with Crippen molar-refractivity contribution >= 4 is 15.9 Å². The standard InChI is InChI=1S/C19H21N3O3S/c1-4-11-21-26(24,25)18-10-7-8-16(13-18)19(23)22(15(2)3)14-17-9-5-6-12-20-17/h1,5-10,12-13,15,21H,11,14H2,2-3H3. The van der Waals surface area contributed by atoms with E-state index < -0.39 is 10.0 Å². The van der Waals surface area contributed by atoms with Gasteiger partial charge in [0.25, 0.3) is 5.91 Å². The van der Waals surface area contributed by atoms with Crippen molar-refractivity contribution in [2.75, 3.05) is 6.54 Å². The number of carbonyl (C=O) groups is 1. The van der Waals surface area contributed by atoms with Crippen molar-refractivity contribution in [2.24, 2.45) is 0 Å². The number of hydrogen-bond donors (Lipinski definition) is 1. The molecule has 0 aliphatic carbocycles. The molecule has 1 aromatic heterocycles. The second kappa shape index (κ2) is 8.61. The quantitative estimate of drug-likeness (QED) is 0.756. The Balaban J connectivity index is 2.29. The molecule has 0 aliphatic rings. The molecule has 0 atom stereocenters. The van der Waals surface area contributed by atoms with E-state index in [1.54, 1.807) is 17.2 Å². The number of carbonyl (C=O) groups excluding carboxylic acids is 1. The first-order chi connectivity index (χ1) is 12.3. The molecule has 7 heteroatoms. The SMILES string of the molecule is C#CCNS(=O)(=O)c1cccc(C(=O)N(Cc2ccccn2)C(C)C)c1. The van der Waals surface area contributed by atoms with E-state index in [9.17, 15) is 13.2 Å². The number of benzene rings is 1. The van der Waals surface area contributed by atoms with Crippen molar-refractivity contribution in [3.8, 4) is 12.3 Å². The number of rotatable bonds is 7. The molecule has 136 valence electrons. The summed E-state index contributed by atoms with van der Waals surface area (Å²) in [6, 6.07) is 11.3. The molecule has 0 saturated carbocycles. The fourth-order valence-corrected chi connectivity index (χ4v) is 3.32. The zero-order valence-electron chi connectivity index (χ0n) is 14.7. The second-order valence-electron chi connectivity index (χ2n) is 5.90. The molecule has 2 aromatic rings.